The van der Waals surface area contributed by atoms with Gasteiger partial charge in [-0.15, -0.1) is 0 Å². The molecule has 2 aromatic carbocycles. The molecule has 1 heterocycles. The highest BCUT2D eigenvalue weighted by atomic mass is 16.5. The number of aryl methyl sites for hydroxylation is 2. The molecule has 4 heteroatoms. The van der Waals surface area contributed by atoms with E-state index in [4.69, 9.17) is 4.74 Å². The Morgan fingerprint density at radius 1 is 1.04 bits per heavy atom. The van der Waals surface area contributed by atoms with E-state index in [1.165, 1.54) is 31.5 Å². The van der Waals surface area contributed by atoms with Gasteiger partial charge in [0.05, 0.1) is 0 Å². The molecule has 3 rings (SSSR count). The molecule has 0 radical (unpaired) electrons. The van der Waals surface area contributed by atoms with E-state index in [1.54, 1.807) is 0 Å². The third-order valence-electron chi connectivity index (χ3n) is 5.23. The van der Waals surface area contributed by atoms with Crippen LogP contribution in [0.15, 0.2) is 42.5 Å². The molecule has 0 unspecified atom stereocenters. The molecular formula is C24H32N2O2. The first-order valence-corrected chi connectivity index (χ1v) is 10.4. The van der Waals surface area contributed by atoms with Crippen LogP contribution in [-0.4, -0.2) is 30.0 Å². The topological polar surface area (TPSA) is 41.6 Å². The molecule has 0 aliphatic carbocycles. The Hall–Kier alpha value is -2.33. The van der Waals surface area contributed by atoms with Crippen molar-refractivity contribution in [3.63, 3.8) is 0 Å². The first kappa shape index (κ1) is 20.4. The molecule has 0 aromatic heterocycles. The minimum atomic E-state index is -0.476. The highest BCUT2D eigenvalue weighted by molar-refractivity contribution is 5.81. The van der Waals surface area contributed by atoms with E-state index in [9.17, 15) is 4.79 Å². The maximum absolute atomic E-state index is 12.6. The van der Waals surface area contributed by atoms with E-state index in [0.29, 0.717) is 13.0 Å². The van der Waals surface area contributed by atoms with E-state index in [1.807, 2.05) is 32.9 Å². The largest absolute Gasteiger partial charge is 0.481 e. The monoisotopic (exact) mass is 380 g/mol. The molecule has 1 saturated heterocycles. The van der Waals surface area contributed by atoms with Gasteiger partial charge in [0, 0.05) is 13.1 Å². The number of amides is 1. The number of carbonyl (C=O) groups excluding carboxylic acids is 1. The second-order valence-corrected chi connectivity index (χ2v) is 7.86. The van der Waals surface area contributed by atoms with Crippen molar-refractivity contribution in [2.24, 2.45) is 0 Å². The molecule has 1 N–H and O–H groups in total. The second kappa shape index (κ2) is 9.74. The number of nitrogens with zero attached hydrogens (tertiary/aromatic N) is 1. The van der Waals surface area contributed by atoms with Crippen LogP contribution in [0.1, 0.15) is 48.4 Å². The van der Waals surface area contributed by atoms with E-state index in [2.05, 4.69) is 40.5 Å². The lowest BCUT2D eigenvalue weighted by Crippen LogP contribution is -2.37. The number of ether oxygens (including phenoxy) is 1. The number of rotatable bonds is 8. The number of hydrogen-bond acceptors (Lipinski definition) is 3. The van der Waals surface area contributed by atoms with Crippen molar-refractivity contribution in [3.05, 3.63) is 64.7 Å². The van der Waals surface area contributed by atoms with Crippen LogP contribution in [0.5, 0.6) is 5.75 Å². The van der Waals surface area contributed by atoms with Gasteiger partial charge in [0.15, 0.2) is 6.10 Å². The first-order chi connectivity index (χ1) is 13.5. The van der Waals surface area contributed by atoms with Gasteiger partial charge in [-0.2, -0.15) is 0 Å². The summed E-state index contributed by atoms with van der Waals surface area (Å²) in [6.07, 6.45) is 2.78. The van der Waals surface area contributed by atoms with Gasteiger partial charge in [0.2, 0.25) is 0 Å². The molecule has 1 fully saturated rings. The first-order valence-electron chi connectivity index (χ1n) is 10.4. The summed E-state index contributed by atoms with van der Waals surface area (Å²) in [4.78, 5) is 15.1. The van der Waals surface area contributed by atoms with E-state index >= 15 is 0 Å². The Labute approximate surface area is 168 Å². The quantitative estimate of drug-likeness (QED) is 0.739. The molecule has 1 aliphatic rings. The average molecular weight is 381 g/mol. The number of benzene rings is 2. The molecular weight excluding hydrogens is 348 g/mol. The van der Waals surface area contributed by atoms with Crippen molar-refractivity contribution < 1.29 is 9.53 Å². The van der Waals surface area contributed by atoms with Crippen LogP contribution in [0.25, 0.3) is 0 Å². The van der Waals surface area contributed by atoms with E-state index in [0.717, 1.165) is 29.0 Å². The van der Waals surface area contributed by atoms with Gasteiger partial charge in [0.1, 0.15) is 5.75 Å². The lowest BCUT2D eigenvalue weighted by molar-refractivity contribution is -0.128. The second-order valence-electron chi connectivity index (χ2n) is 7.86. The van der Waals surface area contributed by atoms with Gasteiger partial charge < -0.3 is 10.1 Å². The number of nitrogens with one attached hydrogen (secondary N) is 1. The summed E-state index contributed by atoms with van der Waals surface area (Å²) < 4.78 is 5.95. The summed E-state index contributed by atoms with van der Waals surface area (Å²) in [7, 11) is 0. The SMILES string of the molecule is CC[C@@H](Oc1cc(C)cc(C)c1)C(=O)NCc1ccc(CN2CCCC2)cc1. The Kier molecular flexibility index (Phi) is 7.10. The fourth-order valence-electron chi connectivity index (χ4n) is 3.75. The van der Waals surface area contributed by atoms with Gasteiger partial charge in [-0.3, -0.25) is 9.69 Å². The predicted molar refractivity (Wildman–Crippen MR) is 113 cm³/mol. The summed E-state index contributed by atoms with van der Waals surface area (Å²) in [6, 6.07) is 14.6. The standard InChI is InChI=1S/C24H32N2O2/c1-4-23(28-22-14-18(2)13-19(3)15-22)24(27)25-16-20-7-9-21(10-8-20)17-26-11-5-6-12-26/h7-10,13-15,23H,4-6,11-12,16-17H2,1-3H3,(H,25,27)/t23-/m1/s1. The van der Waals surface area contributed by atoms with Crippen LogP contribution >= 0.6 is 0 Å². The fraction of sp³-hybridized carbons (Fsp3) is 0.458. The predicted octanol–water partition coefficient (Wildman–Crippen LogP) is 4.37. The smallest absolute Gasteiger partial charge is 0.261 e. The molecule has 1 atom stereocenters. The summed E-state index contributed by atoms with van der Waals surface area (Å²) in [5.74, 6) is 0.688. The highest BCUT2D eigenvalue weighted by Crippen LogP contribution is 2.19. The van der Waals surface area contributed by atoms with Crippen molar-refractivity contribution in [2.45, 2.75) is 59.2 Å². The van der Waals surface area contributed by atoms with Crippen molar-refractivity contribution in [1.82, 2.24) is 10.2 Å². The van der Waals surface area contributed by atoms with Crippen LogP contribution in [0.3, 0.4) is 0 Å². The van der Waals surface area contributed by atoms with Crippen LogP contribution in [0, 0.1) is 13.8 Å². The number of likely N-dealkylation sites (tertiary alicyclic amines) is 1. The maximum Gasteiger partial charge on any atom is 0.261 e. The molecule has 2 aromatic rings. The van der Waals surface area contributed by atoms with Crippen molar-refractivity contribution >= 4 is 5.91 Å². The van der Waals surface area contributed by atoms with Gasteiger partial charge >= 0.3 is 0 Å². The molecule has 4 nitrogen and oxygen atoms in total. The van der Waals surface area contributed by atoms with E-state index < -0.39 is 6.10 Å². The van der Waals surface area contributed by atoms with E-state index in [-0.39, 0.29) is 5.91 Å². The van der Waals surface area contributed by atoms with Crippen molar-refractivity contribution in [3.8, 4) is 5.75 Å². The average Bonchev–Trinajstić information content (AvgIpc) is 3.17. The lowest BCUT2D eigenvalue weighted by Gasteiger charge is -2.18. The van der Waals surface area contributed by atoms with Gasteiger partial charge in [-0.1, -0.05) is 37.3 Å². The molecule has 1 amide bonds. The lowest BCUT2D eigenvalue weighted by atomic mass is 10.1. The summed E-state index contributed by atoms with van der Waals surface area (Å²) in [5.41, 5.74) is 4.72. The molecule has 1 aliphatic heterocycles. The highest BCUT2D eigenvalue weighted by Gasteiger charge is 2.18. The number of hydrogen-bond donors (Lipinski definition) is 1. The minimum Gasteiger partial charge on any atom is -0.481 e. The summed E-state index contributed by atoms with van der Waals surface area (Å²) in [5, 5.41) is 3.02. The van der Waals surface area contributed by atoms with Crippen LogP contribution in [0.2, 0.25) is 0 Å². The Balaban J connectivity index is 1.51. The zero-order valence-electron chi connectivity index (χ0n) is 17.3. The normalized spacial score (nSPS) is 15.4. The molecule has 28 heavy (non-hydrogen) atoms. The summed E-state index contributed by atoms with van der Waals surface area (Å²) in [6.45, 7) is 10.00. The molecule has 0 saturated carbocycles. The van der Waals surface area contributed by atoms with Crippen LogP contribution in [-0.2, 0) is 17.9 Å². The zero-order valence-corrected chi connectivity index (χ0v) is 17.3. The third-order valence-corrected chi connectivity index (χ3v) is 5.23. The fourth-order valence-corrected chi connectivity index (χ4v) is 3.75. The molecule has 0 spiro atoms. The summed E-state index contributed by atoms with van der Waals surface area (Å²) >= 11 is 0. The number of carbonyl (C=O) groups is 1. The third kappa shape index (κ3) is 5.83. The maximum atomic E-state index is 12.6. The Bertz CT molecular complexity index is 759. The van der Waals surface area contributed by atoms with Crippen LogP contribution in [0.4, 0.5) is 0 Å². The molecule has 150 valence electrons. The minimum absolute atomic E-state index is 0.0668. The van der Waals surface area contributed by atoms with Gasteiger partial charge in [0.25, 0.3) is 5.91 Å². The van der Waals surface area contributed by atoms with Crippen molar-refractivity contribution in [1.29, 1.82) is 0 Å². The van der Waals surface area contributed by atoms with Gasteiger partial charge in [-0.05, 0) is 80.6 Å². The Morgan fingerprint density at radius 2 is 1.64 bits per heavy atom. The van der Waals surface area contributed by atoms with Gasteiger partial charge in [-0.25, -0.2) is 0 Å². The Morgan fingerprint density at radius 3 is 2.25 bits per heavy atom. The zero-order chi connectivity index (χ0) is 19.9. The van der Waals surface area contributed by atoms with Crippen LogP contribution < -0.4 is 10.1 Å². The molecule has 0 bridgehead atoms. The van der Waals surface area contributed by atoms with Crippen molar-refractivity contribution in [2.75, 3.05) is 13.1 Å².